The maximum atomic E-state index is 15.0. The van der Waals surface area contributed by atoms with Crippen molar-refractivity contribution in [1.29, 1.82) is 0 Å². The maximum absolute atomic E-state index is 15.0. The second kappa shape index (κ2) is 22.2. The number of nitrogens with one attached hydrogen (secondary N) is 5. The van der Waals surface area contributed by atoms with E-state index in [1.54, 1.807) is 16.0 Å². The molecule has 9 rings (SSSR count). The summed E-state index contributed by atoms with van der Waals surface area (Å²) in [6, 6.07) is 1.73. The summed E-state index contributed by atoms with van der Waals surface area (Å²) in [4.78, 5) is 121. The van der Waals surface area contributed by atoms with E-state index in [1.807, 2.05) is 39.8 Å². The lowest BCUT2D eigenvalue weighted by molar-refractivity contribution is -0.146. The molecule has 11 atom stereocenters. The molecule has 8 amide bonds. The molecule has 18 nitrogen and oxygen atoms in total. The first-order chi connectivity index (χ1) is 35.4. The van der Waals surface area contributed by atoms with Crippen LogP contribution in [0.3, 0.4) is 0 Å². The van der Waals surface area contributed by atoms with Crippen molar-refractivity contribution in [2.24, 2.45) is 29.1 Å². The second-order valence-electron chi connectivity index (χ2n) is 23.8. The van der Waals surface area contributed by atoms with Crippen molar-refractivity contribution in [1.82, 2.24) is 46.4 Å². The molecule has 3 aliphatic heterocycles. The monoisotopic (exact) mass is 1020 g/mol. The minimum Gasteiger partial charge on any atom is -0.381 e. The Morgan fingerprint density at radius 3 is 2.31 bits per heavy atom. The van der Waals surface area contributed by atoms with Crippen LogP contribution in [0, 0.1) is 29.1 Å². The minimum absolute atomic E-state index is 0.0481. The minimum atomic E-state index is -1.43. The molecule has 2 saturated heterocycles. The maximum Gasteiger partial charge on any atom is 0.272 e. The number of hydrogen-bond acceptors (Lipinski definition) is 11. The molecule has 4 unspecified atom stereocenters. The zero-order valence-electron chi connectivity index (χ0n) is 43.8. The Bertz CT molecular complexity index is 2480. The van der Waals surface area contributed by atoms with Gasteiger partial charge in [0, 0.05) is 43.2 Å². The summed E-state index contributed by atoms with van der Waals surface area (Å²) in [5.74, 6) is -2.75. The SMILES string of the molecule is CCC[C@@H](NC(=O)[C@@H]1[C@H]2CCC[C@H]2CN1C(=O)[C@@H](NC(=O)[C@@H](NC(=O)c1cnc([C@H]2CCC(c3ccc4c(c3)CN(C3CCC(=O)NC3=O)C4=O)C(C)C2)cn1)C1CCCCC1)C(C)(C)C)C(O)C(=O)NC1CC1. The van der Waals surface area contributed by atoms with Crippen LogP contribution in [0.1, 0.15) is 193 Å². The van der Waals surface area contributed by atoms with Gasteiger partial charge < -0.3 is 36.2 Å². The van der Waals surface area contributed by atoms with Gasteiger partial charge >= 0.3 is 0 Å². The van der Waals surface area contributed by atoms with Crippen LogP contribution in [-0.2, 0) is 35.3 Å². The van der Waals surface area contributed by atoms with E-state index in [9.17, 15) is 43.5 Å². The van der Waals surface area contributed by atoms with Gasteiger partial charge in [-0.3, -0.25) is 48.7 Å². The Kier molecular flexibility index (Phi) is 15.9. The number of likely N-dealkylation sites (tertiary alicyclic amines) is 1. The largest absolute Gasteiger partial charge is 0.381 e. The molecule has 6 fully saturated rings. The molecule has 4 saturated carbocycles. The van der Waals surface area contributed by atoms with E-state index in [1.165, 1.54) is 6.20 Å². The number of imide groups is 1. The normalized spacial score (nSPS) is 27.8. The number of rotatable bonds is 16. The van der Waals surface area contributed by atoms with E-state index in [4.69, 9.17) is 4.98 Å². The standard InChI is InChI=1S/C56H77N9O9/c1-6-11-40(47(67)53(72)59-36-18-19-36)60-52(71)46-38-15-10-14-34(38)28-65(46)55(74)48(56(3,4)5)63-51(70)45(31-12-8-7-9-13-31)62-49(68)42-27-57-41(26-58-42)33-17-20-37(30(2)24-33)32-16-21-39-35(25-32)29-64(54(39)73)43-22-23-44(66)61-50(43)69/h16,21,25-27,30-31,33-34,36-38,40,43,45-48,67H,6-15,17-20,22-24,28-29H2,1-5H3,(H,59,72)(H,60,71)(H,62,68)(H,63,70)(H,61,66,69)/t30?,33-,34-,37?,38-,40+,43?,45-,46-,47?,48+/m0/s1. The Labute approximate surface area is 434 Å². The summed E-state index contributed by atoms with van der Waals surface area (Å²) in [5.41, 5.74) is 2.72. The van der Waals surface area contributed by atoms with E-state index >= 15 is 0 Å². The number of nitrogens with zero attached hydrogens (tertiary/aromatic N) is 4. The Balaban J connectivity index is 0.845. The van der Waals surface area contributed by atoms with Gasteiger partial charge in [0.2, 0.25) is 29.5 Å². The number of carbonyl (C=O) groups is 8. The highest BCUT2D eigenvalue weighted by atomic mass is 16.3. The number of aliphatic hydroxyl groups is 1. The number of aliphatic hydroxyl groups excluding tert-OH is 1. The van der Waals surface area contributed by atoms with E-state index in [-0.39, 0.29) is 71.4 Å². The highest BCUT2D eigenvalue weighted by Gasteiger charge is 2.53. The lowest BCUT2D eigenvalue weighted by Crippen LogP contribution is -2.62. The molecule has 74 heavy (non-hydrogen) atoms. The average Bonchev–Trinajstić information content (AvgIpc) is 3.80. The van der Waals surface area contributed by atoms with E-state index < -0.39 is 71.3 Å². The van der Waals surface area contributed by atoms with Crippen LogP contribution >= 0.6 is 0 Å². The highest BCUT2D eigenvalue weighted by molar-refractivity contribution is 6.05. The van der Waals surface area contributed by atoms with Gasteiger partial charge in [-0.2, -0.15) is 0 Å². The Morgan fingerprint density at radius 2 is 1.64 bits per heavy atom. The molecule has 6 N–H and O–H groups in total. The fraction of sp³-hybridized carbons (Fsp3) is 0.679. The third kappa shape index (κ3) is 11.4. The van der Waals surface area contributed by atoms with Crippen molar-refractivity contribution >= 4 is 47.3 Å². The predicted octanol–water partition coefficient (Wildman–Crippen LogP) is 4.69. The number of fused-ring (bicyclic) bond motifs is 2. The van der Waals surface area contributed by atoms with Crippen molar-refractivity contribution in [3.63, 3.8) is 0 Å². The lowest BCUT2D eigenvalue weighted by Gasteiger charge is -2.38. The van der Waals surface area contributed by atoms with Gasteiger partial charge in [0.15, 0.2) is 6.10 Å². The molecule has 400 valence electrons. The summed E-state index contributed by atoms with van der Waals surface area (Å²) >= 11 is 0. The van der Waals surface area contributed by atoms with Gasteiger partial charge in [-0.15, -0.1) is 0 Å². The van der Waals surface area contributed by atoms with Gasteiger partial charge in [-0.25, -0.2) is 4.98 Å². The predicted molar refractivity (Wildman–Crippen MR) is 273 cm³/mol. The smallest absolute Gasteiger partial charge is 0.272 e. The first kappa shape index (κ1) is 53.1. The molecule has 4 aliphatic carbocycles. The van der Waals surface area contributed by atoms with Crippen molar-refractivity contribution in [3.05, 3.63) is 58.7 Å². The molecule has 18 heteroatoms. The molecular formula is C56H77N9O9. The van der Waals surface area contributed by atoms with Gasteiger partial charge in [0.25, 0.3) is 17.7 Å². The molecule has 1 aromatic heterocycles. The van der Waals surface area contributed by atoms with Crippen LogP contribution in [0.2, 0.25) is 0 Å². The number of piperidine rings is 1. The number of hydrogen-bond donors (Lipinski definition) is 6. The van der Waals surface area contributed by atoms with Crippen LogP contribution in [0.4, 0.5) is 0 Å². The zero-order valence-corrected chi connectivity index (χ0v) is 43.8. The number of aromatic nitrogens is 2. The molecule has 0 radical (unpaired) electrons. The third-order valence-corrected chi connectivity index (χ3v) is 17.5. The van der Waals surface area contributed by atoms with Gasteiger partial charge in [-0.1, -0.05) is 78.9 Å². The second-order valence-corrected chi connectivity index (χ2v) is 23.8. The number of benzene rings is 1. The van der Waals surface area contributed by atoms with E-state index in [0.29, 0.717) is 37.9 Å². The molecule has 2 aromatic rings. The summed E-state index contributed by atoms with van der Waals surface area (Å²) in [6.07, 6.45) is 14.4. The van der Waals surface area contributed by atoms with Crippen LogP contribution in [0.25, 0.3) is 0 Å². The first-order valence-electron chi connectivity index (χ1n) is 27.7. The molecule has 4 heterocycles. The highest BCUT2D eigenvalue weighted by Crippen LogP contribution is 2.46. The average molecular weight is 1020 g/mol. The summed E-state index contributed by atoms with van der Waals surface area (Å²) in [6.45, 7) is 10.5. The molecule has 7 aliphatic rings. The number of amides is 8. The van der Waals surface area contributed by atoms with Crippen molar-refractivity contribution in [3.8, 4) is 0 Å². The first-order valence-corrected chi connectivity index (χ1v) is 27.7. The van der Waals surface area contributed by atoms with Gasteiger partial charge in [0.05, 0.1) is 17.9 Å². The molecule has 1 aromatic carbocycles. The Hall–Kier alpha value is -5.78. The van der Waals surface area contributed by atoms with Crippen molar-refractivity contribution in [2.75, 3.05) is 6.54 Å². The lowest BCUT2D eigenvalue weighted by atomic mass is 9.71. The quantitative estimate of drug-likeness (QED) is 0.126. The van der Waals surface area contributed by atoms with Crippen LogP contribution in [0.5, 0.6) is 0 Å². The fourth-order valence-corrected chi connectivity index (χ4v) is 13.2. The molecular weight excluding hydrogens is 943 g/mol. The zero-order chi connectivity index (χ0) is 52.6. The topological polar surface area (TPSA) is 249 Å². The van der Waals surface area contributed by atoms with E-state index in [0.717, 1.165) is 100 Å². The summed E-state index contributed by atoms with van der Waals surface area (Å²) in [5, 5.41) is 25.4. The fourth-order valence-electron chi connectivity index (χ4n) is 13.2. The third-order valence-electron chi connectivity index (χ3n) is 17.5. The molecule has 0 bridgehead atoms. The van der Waals surface area contributed by atoms with Gasteiger partial charge in [0.1, 0.15) is 29.9 Å². The van der Waals surface area contributed by atoms with Crippen LogP contribution < -0.4 is 26.6 Å². The Morgan fingerprint density at radius 1 is 0.865 bits per heavy atom. The van der Waals surface area contributed by atoms with Crippen LogP contribution in [-0.4, -0.2) is 121 Å². The van der Waals surface area contributed by atoms with Gasteiger partial charge in [-0.05, 0) is 123 Å². The summed E-state index contributed by atoms with van der Waals surface area (Å²) in [7, 11) is 0. The van der Waals surface area contributed by atoms with E-state index in [2.05, 4.69) is 44.6 Å². The molecule has 0 spiro atoms. The number of carbonyl (C=O) groups excluding carboxylic acids is 8. The van der Waals surface area contributed by atoms with Crippen LogP contribution in [0.15, 0.2) is 30.6 Å². The summed E-state index contributed by atoms with van der Waals surface area (Å²) < 4.78 is 0. The van der Waals surface area contributed by atoms with Crippen molar-refractivity contribution in [2.45, 2.75) is 205 Å². The van der Waals surface area contributed by atoms with Crippen molar-refractivity contribution < 1.29 is 43.5 Å².